The molecule has 3 atom stereocenters. The Morgan fingerprint density at radius 2 is 0.705 bits per heavy atom. The summed E-state index contributed by atoms with van der Waals surface area (Å²) in [5.74, 6) is 0.407. The van der Waals surface area contributed by atoms with E-state index >= 15 is 0 Å². The molecule has 78 heavy (non-hydrogen) atoms. The average Bonchev–Trinajstić information content (AvgIpc) is 2.65. The quantitative estimate of drug-likeness (QED) is 0.121. The van der Waals surface area contributed by atoms with E-state index in [1.807, 2.05) is 0 Å². The average molecular weight is 1000 g/mol. The zero-order chi connectivity index (χ0) is 52.0. The van der Waals surface area contributed by atoms with Crippen LogP contribution < -0.4 is 19.6 Å². The highest BCUT2D eigenvalue weighted by molar-refractivity contribution is 6.00. The van der Waals surface area contributed by atoms with Gasteiger partial charge in [0.2, 0.25) is 0 Å². The topological polar surface area (TPSA) is 13.0 Å². The largest absolute Gasteiger partial charge is 0.334 e. The number of rotatable bonds is 12. The van der Waals surface area contributed by atoms with Crippen molar-refractivity contribution in [3.05, 3.63) is 331 Å². The lowest BCUT2D eigenvalue weighted by atomic mass is 9.67. The summed E-state index contributed by atoms with van der Waals surface area (Å²) in [7, 11) is 0. The molecule has 0 amide bonds. The van der Waals surface area contributed by atoms with Crippen LogP contribution in [0.5, 0.6) is 0 Å². The van der Waals surface area contributed by atoms with Crippen molar-refractivity contribution in [2.45, 2.75) is 31.2 Å². The lowest BCUT2D eigenvalue weighted by Crippen LogP contribution is -2.36. The number of anilines is 10. The first-order valence-electron chi connectivity index (χ1n) is 27.4. The van der Waals surface area contributed by atoms with Gasteiger partial charge in [0, 0.05) is 62.6 Å². The summed E-state index contributed by atoms with van der Waals surface area (Å²) in [4.78, 5) is 9.91. The summed E-state index contributed by atoms with van der Waals surface area (Å²) in [6.07, 6.45) is 13.5. The summed E-state index contributed by atoms with van der Waals surface area (Å²) in [6, 6.07) is 98.2. The first-order chi connectivity index (χ1) is 38.6. The fraction of sp³-hybridized carbons (Fsp3) is 0.0811. The number of benzene rings is 10. The van der Waals surface area contributed by atoms with E-state index in [-0.39, 0.29) is 6.04 Å². The van der Waals surface area contributed by atoms with E-state index in [2.05, 4.69) is 324 Å². The Bertz CT molecular complexity index is 3810. The lowest BCUT2D eigenvalue weighted by molar-refractivity contribution is 0.663. The molecule has 10 aromatic rings. The molecule has 4 heteroatoms. The number of hydrogen-bond donors (Lipinski definition) is 0. The molecular weight excluding hydrogens is 945 g/mol. The number of fused-ring (bicyclic) bond motifs is 9. The lowest BCUT2D eigenvalue weighted by Gasteiger charge is -2.40. The van der Waals surface area contributed by atoms with E-state index in [4.69, 9.17) is 0 Å². The van der Waals surface area contributed by atoms with E-state index in [0.29, 0.717) is 5.92 Å². The molecule has 0 aliphatic heterocycles. The second-order valence-electron chi connectivity index (χ2n) is 20.9. The van der Waals surface area contributed by atoms with Crippen molar-refractivity contribution in [1.29, 1.82) is 0 Å². The molecule has 0 heterocycles. The van der Waals surface area contributed by atoms with Crippen molar-refractivity contribution in [2.75, 3.05) is 19.6 Å². The van der Waals surface area contributed by atoms with Crippen LogP contribution in [0.4, 0.5) is 56.9 Å². The minimum Gasteiger partial charge on any atom is -0.334 e. The van der Waals surface area contributed by atoms with Gasteiger partial charge in [-0.3, -0.25) is 0 Å². The van der Waals surface area contributed by atoms with Gasteiger partial charge in [-0.25, -0.2) is 0 Å². The van der Waals surface area contributed by atoms with Crippen LogP contribution in [0.1, 0.15) is 42.0 Å². The van der Waals surface area contributed by atoms with Crippen molar-refractivity contribution in [3.63, 3.8) is 0 Å². The van der Waals surface area contributed by atoms with Gasteiger partial charge in [-0.1, -0.05) is 177 Å². The zero-order valence-electron chi connectivity index (χ0n) is 43.6. The maximum Gasteiger partial charge on any atom is 0.0691 e. The highest BCUT2D eigenvalue weighted by Gasteiger charge is 2.54. The predicted molar refractivity (Wildman–Crippen MR) is 327 cm³/mol. The summed E-state index contributed by atoms with van der Waals surface area (Å²) in [5, 5.41) is 0. The van der Waals surface area contributed by atoms with Crippen LogP contribution in [-0.2, 0) is 5.41 Å². The molecule has 10 aromatic carbocycles. The Kier molecular flexibility index (Phi) is 11.9. The van der Waals surface area contributed by atoms with Crippen molar-refractivity contribution in [1.82, 2.24) is 0 Å². The molecule has 0 N–H and O–H groups in total. The smallest absolute Gasteiger partial charge is 0.0691 e. The number of allylic oxidation sites excluding steroid dienone is 6. The van der Waals surface area contributed by atoms with Gasteiger partial charge in [0.1, 0.15) is 0 Å². The number of hydrogen-bond acceptors (Lipinski definition) is 4. The maximum atomic E-state index is 2.57. The van der Waals surface area contributed by atoms with Crippen LogP contribution in [0.15, 0.2) is 309 Å². The van der Waals surface area contributed by atoms with Gasteiger partial charge in [0.05, 0.1) is 11.5 Å². The van der Waals surface area contributed by atoms with Crippen LogP contribution in [0, 0.1) is 5.92 Å². The summed E-state index contributed by atoms with van der Waals surface area (Å²) < 4.78 is 0. The Hall–Kier alpha value is -9.64. The molecule has 374 valence electrons. The molecular formula is C74H58N4. The first-order valence-corrected chi connectivity index (χ1v) is 27.4. The van der Waals surface area contributed by atoms with Gasteiger partial charge in [-0.2, -0.15) is 0 Å². The van der Waals surface area contributed by atoms with Crippen LogP contribution in [-0.4, -0.2) is 6.04 Å². The molecule has 3 unspecified atom stereocenters. The predicted octanol–water partition coefficient (Wildman–Crippen LogP) is 19.5. The third-order valence-electron chi connectivity index (χ3n) is 16.3. The SMILES string of the molecule is CC1C=CC=C(N(c2ccccc2)c2ccc3c(c2)C2(C4=C(C=CC(N(c5ccccc5)c5ccccc5)C4)c4ccc(N(c5ccccc5)c5ccccc5)cc42)c2cc(N(c4ccccc4)c4ccccc4)ccc2-3)C1. The van der Waals surface area contributed by atoms with Crippen LogP contribution in [0.3, 0.4) is 0 Å². The second-order valence-corrected chi connectivity index (χ2v) is 20.9. The highest BCUT2D eigenvalue weighted by atomic mass is 15.2. The molecule has 0 aromatic heterocycles. The van der Waals surface area contributed by atoms with Crippen molar-refractivity contribution in [2.24, 2.45) is 5.92 Å². The molecule has 4 aliphatic rings. The van der Waals surface area contributed by atoms with Gasteiger partial charge in [0.15, 0.2) is 0 Å². The van der Waals surface area contributed by atoms with E-state index < -0.39 is 5.41 Å². The number of nitrogens with zero attached hydrogens (tertiary/aromatic N) is 4. The monoisotopic (exact) mass is 1000 g/mol. The minimum atomic E-state index is -0.728. The first kappa shape index (κ1) is 46.9. The van der Waals surface area contributed by atoms with E-state index in [1.54, 1.807) is 0 Å². The zero-order valence-corrected chi connectivity index (χ0v) is 43.6. The Labute approximate surface area is 458 Å². The van der Waals surface area contributed by atoms with Crippen molar-refractivity contribution in [3.8, 4) is 11.1 Å². The third-order valence-corrected chi connectivity index (χ3v) is 16.3. The normalized spacial score (nSPS) is 17.4. The molecule has 0 saturated carbocycles. The van der Waals surface area contributed by atoms with Crippen molar-refractivity contribution < 1.29 is 0 Å². The highest BCUT2D eigenvalue weighted by Crippen LogP contribution is 2.66. The molecule has 4 aliphatic carbocycles. The van der Waals surface area contributed by atoms with Gasteiger partial charge < -0.3 is 19.6 Å². The summed E-state index contributed by atoms with van der Waals surface area (Å²) in [6.45, 7) is 2.32. The van der Waals surface area contributed by atoms with Gasteiger partial charge >= 0.3 is 0 Å². The molecule has 1 spiro atoms. The molecule has 14 rings (SSSR count). The fourth-order valence-corrected chi connectivity index (χ4v) is 13.0. The summed E-state index contributed by atoms with van der Waals surface area (Å²) in [5.41, 5.74) is 22.2. The van der Waals surface area contributed by atoms with E-state index in [0.717, 1.165) is 69.7 Å². The summed E-state index contributed by atoms with van der Waals surface area (Å²) >= 11 is 0. The van der Waals surface area contributed by atoms with Gasteiger partial charge in [-0.15, -0.1) is 0 Å². The standard InChI is InChI=1S/C74H58N4/c1-53-24-23-39-61(48-53)78(60-37-21-8-22-38-60)65-43-47-69-68-46-42-64(77(58-33-17-6-18-34-58)59-35-19-7-20-36-59)51-72(68)74(73(69)52-65)70-49-62(75(54-25-9-2-10-26-54)55-27-11-3-12-28-55)40-44-66(70)67-45-41-63(50-71(67)74)76(56-29-13-4-14-30-56)57-31-15-5-16-32-57/h2-47,49,51-53,63H,48,50H2,1H3. The van der Waals surface area contributed by atoms with Crippen molar-refractivity contribution >= 4 is 62.4 Å². The van der Waals surface area contributed by atoms with E-state index in [9.17, 15) is 0 Å². The second kappa shape index (κ2) is 19.8. The minimum absolute atomic E-state index is 0.00479. The maximum absolute atomic E-state index is 2.57. The molecule has 4 nitrogen and oxygen atoms in total. The van der Waals surface area contributed by atoms with Crippen LogP contribution in [0.25, 0.3) is 16.7 Å². The van der Waals surface area contributed by atoms with Gasteiger partial charge in [0.25, 0.3) is 0 Å². The Balaban J connectivity index is 1.07. The Morgan fingerprint density at radius 3 is 1.12 bits per heavy atom. The molecule has 0 bridgehead atoms. The van der Waals surface area contributed by atoms with E-state index in [1.165, 1.54) is 50.2 Å². The van der Waals surface area contributed by atoms with Crippen LogP contribution >= 0.6 is 0 Å². The molecule has 0 radical (unpaired) electrons. The fourth-order valence-electron chi connectivity index (χ4n) is 13.0. The van der Waals surface area contributed by atoms with Crippen LogP contribution in [0.2, 0.25) is 0 Å². The Morgan fingerprint density at radius 1 is 0.346 bits per heavy atom. The van der Waals surface area contributed by atoms with Gasteiger partial charge in [-0.05, 0) is 191 Å². The molecule has 0 fully saturated rings. The molecule has 0 saturated heterocycles. The number of para-hydroxylation sites is 7. The third kappa shape index (κ3) is 7.99.